The largest absolute Gasteiger partial charge is 0.339 e. The van der Waals surface area contributed by atoms with Gasteiger partial charge in [0.2, 0.25) is 5.91 Å². The number of nitrogens with zero attached hydrogens (tertiary/aromatic N) is 1. The van der Waals surface area contributed by atoms with Crippen molar-refractivity contribution >= 4 is 17.5 Å². The minimum atomic E-state index is -0.0285. The Morgan fingerprint density at radius 1 is 0.958 bits per heavy atom. The van der Waals surface area contributed by atoms with Gasteiger partial charge in [-0.15, -0.1) is 0 Å². The van der Waals surface area contributed by atoms with E-state index in [1.807, 2.05) is 17.0 Å². The molecule has 1 aromatic rings. The van der Waals surface area contributed by atoms with Crippen LogP contribution < -0.4 is 10.6 Å². The fourth-order valence-corrected chi connectivity index (χ4v) is 3.55. The van der Waals surface area contributed by atoms with Crippen molar-refractivity contribution in [3.63, 3.8) is 0 Å². The molecule has 5 nitrogen and oxygen atoms in total. The predicted octanol–water partition coefficient (Wildman–Crippen LogP) is 2.78. The molecule has 1 aromatic carbocycles. The van der Waals surface area contributed by atoms with Crippen molar-refractivity contribution in [1.82, 2.24) is 10.2 Å². The van der Waals surface area contributed by atoms with Crippen LogP contribution in [0.15, 0.2) is 24.3 Å². The molecule has 0 unspecified atom stereocenters. The first-order valence-electron chi connectivity index (χ1n) is 9.15. The fourth-order valence-electron chi connectivity index (χ4n) is 3.55. The van der Waals surface area contributed by atoms with E-state index in [1.54, 1.807) is 12.1 Å². The molecule has 2 N–H and O–H groups in total. The molecule has 0 atom stereocenters. The van der Waals surface area contributed by atoms with Gasteiger partial charge in [-0.2, -0.15) is 0 Å². The van der Waals surface area contributed by atoms with Gasteiger partial charge in [0.15, 0.2) is 0 Å². The summed E-state index contributed by atoms with van der Waals surface area (Å²) < 4.78 is 0. The van der Waals surface area contributed by atoms with Gasteiger partial charge in [0.25, 0.3) is 5.91 Å². The second-order valence-electron chi connectivity index (χ2n) is 6.84. The third kappa shape index (κ3) is 4.57. The summed E-state index contributed by atoms with van der Waals surface area (Å²) in [5.74, 6) is 0.0588. The van der Waals surface area contributed by atoms with E-state index >= 15 is 0 Å². The Kier molecular flexibility index (Phi) is 5.86. The van der Waals surface area contributed by atoms with Crippen molar-refractivity contribution in [2.24, 2.45) is 0 Å². The van der Waals surface area contributed by atoms with Gasteiger partial charge in [0.1, 0.15) is 0 Å². The highest BCUT2D eigenvalue weighted by Crippen LogP contribution is 2.17. The lowest BCUT2D eigenvalue weighted by molar-refractivity contribution is -0.115. The Morgan fingerprint density at radius 3 is 2.29 bits per heavy atom. The van der Waals surface area contributed by atoms with Gasteiger partial charge >= 0.3 is 0 Å². The number of carbonyl (C=O) groups excluding carboxylic acids is 2. The van der Waals surface area contributed by atoms with Crippen molar-refractivity contribution in [2.75, 3.05) is 25.0 Å². The Labute approximate surface area is 143 Å². The summed E-state index contributed by atoms with van der Waals surface area (Å²) in [5.41, 5.74) is 1.43. The van der Waals surface area contributed by atoms with E-state index in [1.165, 1.54) is 32.1 Å². The lowest BCUT2D eigenvalue weighted by atomic mass is 9.95. The molecule has 0 spiro atoms. The molecule has 130 valence electrons. The van der Waals surface area contributed by atoms with Gasteiger partial charge in [0.05, 0.1) is 6.54 Å². The SMILES string of the molecule is O=C(CNC1CCCCC1)Nc1ccc(C(=O)N2CCCC2)cc1. The van der Waals surface area contributed by atoms with Gasteiger partial charge in [0, 0.05) is 30.4 Å². The van der Waals surface area contributed by atoms with Crippen molar-refractivity contribution in [1.29, 1.82) is 0 Å². The summed E-state index contributed by atoms with van der Waals surface area (Å²) >= 11 is 0. The van der Waals surface area contributed by atoms with Crippen LogP contribution in [0.2, 0.25) is 0 Å². The summed E-state index contributed by atoms with van der Waals surface area (Å²) in [6, 6.07) is 7.68. The molecule has 2 amide bonds. The number of rotatable bonds is 5. The second-order valence-corrected chi connectivity index (χ2v) is 6.84. The molecule has 2 fully saturated rings. The molecule has 1 saturated heterocycles. The predicted molar refractivity (Wildman–Crippen MR) is 95.1 cm³/mol. The third-order valence-electron chi connectivity index (χ3n) is 4.97. The first-order chi connectivity index (χ1) is 11.7. The van der Waals surface area contributed by atoms with Gasteiger partial charge in [-0.3, -0.25) is 9.59 Å². The van der Waals surface area contributed by atoms with Crippen LogP contribution in [0, 0.1) is 0 Å². The summed E-state index contributed by atoms with van der Waals surface area (Å²) in [6.45, 7) is 2.05. The molecule has 1 heterocycles. The van der Waals surface area contributed by atoms with E-state index in [4.69, 9.17) is 0 Å². The summed E-state index contributed by atoms with van der Waals surface area (Å²) in [7, 11) is 0. The van der Waals surface area contributed by atoms with Crippen molar-refractivity contribution in [3.8, 4) is 0 Å². The number of likely N-dealkylation sites (tertiary alicyclic amines) is 1. The van der Waals surface area contributed by atoms with E-state index in [0.29, 0.717) is 18.2 Å². The molecule has 3 rings (SSSR count). The molecule has 1 aliphatic heterocycles. The Hall–Kier alpha value is -1.88. The summed E-state index contributed by atoms with van der Waals surface area (Å²) in [6.07, 6.45) is 8.34. The number of hydrogen-bond donors (Lipinski definition) is 2. The van der Waals surface area contributed by atoms with E-state index in [2.05, 4.69) is 10.6 Å². The molecule has 0 aromatic heterocycles. The van der Waals surface area contributed by atoms with E-state index in [-0.39, 0.29) is 11.8 Å². The van der Waals surface area contributed by atoms with Crippen LogP contribution in [0.5, 0.6) is 0 Å². The average Bonchev–Trinajstić information content (AvgIpc) is 3.16. The number of carbonyl (C=O) groups is 2. The van der Waals surface area contributed by atoms with Gasteiger partial charge < -0.3 is 15.5 Å². The van der Waals surface area contributed by atoms with Crippen molar-refractivity contribution in [3.05, 3.63) is 29.8 Å². The molecule has 1 saturated carbocycles. The lowest BCUT2D eigenvalue weighted by Crippen LogP contribution is -2.37. The van der Waals surface area contributed by atoms with E-state index in [9.17, 15) is 9.59 Å². The number of benzene rings is 1. The molecular formula is C19H27N3O2. The highest BCUT2D eigenvalue weighted by molar-refractivity contribution is 5.96. The monoisotopic (exact) mass is 329 g/mol. The minimum Gasteiger partial charge on any atom is -0.339 e. The maximum Gasteiger partial charge on any atom is 0.253 e. The van der Waals surface area contributed by atoms with Crippen molar-refractivity contribution < 1.29 is 9.59 Å². The Balaban J connectivity index is 1.46. The number of hydrogen-bond acceptors (Lipinski definition) is 3. The van der Waals surface area contributed by atoms with Crippen LogP contribution in [0.3, 0.4) is 0 Å². The first-order valence-corrected chi connectivity index (χ1v) is 9.15. The standard InChI is InChI=1S/C19H27N3O2/c23-18(14-20-16-6-2-1-3-7-16)21-17-10-8-15(9-11-17)19(24)22-12-4-5-13-22/h8-11,16,20H,1-7,12-14H2,(H,21,23). The topological polar surface area (TPSA) is 61.4 Å². The summed E-state index contributed by atoms with van der Waals surface area (Å²) in [5, 5.41) is 6.23. The highest BCUT2D eigenvalue weighted by atomic mass is 16.2. The molecule has 24 heavy (non-hydrogen) atoms. The molecule has 0 radical (unpaired) electrons. The number of nitrogens with one attached hydrogen (secondary N) is 2. The number of amides is 2. The number of anilines is 1. The van der Waals surface area contributed by atoms with Crippen LogP contribution >= 0.6 is 0 Å². The normalized spacial score (nSPS) is 18.6. The Morgan fingerprint density at radius 2 is 1.62 bits per heavy atom. The van der Waals surface area contributed by atoms with Crippen molar-refractivity contribution in [2.45, 2.75) is 51.0 Å². The molecule has 2 aliphatic rings. The van der Waals surface area contributed by atoms with Crippen LogP contribution in [0.4, 0.5) is 5.69 Å². The van der Waals surface area contributed by atoms with Gasteiger partial charge in [-0.05, 0) is 49.9 Å². The zero-order valence-corrected chi connectivity index (χ0v) is 14.2. The maximum atomic E-state index is 12.3. The third-order valence-corrected chi connectivity index (χ3v) is 4.97. The zero-order chi connectivity index (χ0) is 16.8. The minimum absolute atomic E-state index is 0.0285. The first kappa shape index (κ1) is 17.0. The molecule has 5 heteroatoms. The van der Waals surface area contributed by atoms with Gasteiger partial charge in [-0.1, -0.05) is 19.3 Å². The Bertz CT molecular complexity index is 558. The smallest absolute Gasteiger partial charge is 0.253 e. The fraction of sp³-hybridized carbons (Fsp3) is 0.579. The van der Waals surface area contributed by atoms with Gasteiger partial charge in [-0.25, -0.2) is 0 Å². The van der Waals surface area contributed by atoms with E-state index in [0.717, 1.165) is 31.6 Å². The maximum absolute atomic E-state index is 12.3. The highest BCUT2D eigenvalue weighted by Gasteiger charge is 2.19. The van der Waals surface area contributed by atoms with Crippen LogP contribution in [0.1, 0.15) is 55.3 Å². The van der Waals surface area contributed by atoms with E-state index < -0.39 is 0 Å². The molecule has 0 bridgehead atoms. The molecule has 1 aliphatic carbocycles. The van der Waals surface area contributed by atoms with Crippen LogP contribution in [-0.4, -0.2) is 42.4 Å². The van der Waals surface area contributed by atoms with Crippen LogP contribution in [0.25, 0.3) is 0 Å². The zero-order valence-electron chi connectivity index (χ0n) is 14.2. The quantitative estimate of drug-likeness (QED) is 0.873. The second kappa shape index (κ2) is 8.29. The summed E-state index contributed by atoms with van der Waals surface area (Å²) in [4.78, 5) is 26.2. The molecular weight excluding hydrogens is 302 g/mol. The average molecular weight is 329 g/mol. The lowest BCUT2D eigenvalue weighted by Gasteiger charge is -2.22. The van der Waals surface area contributed by atoms with Crippen LogP contribution in [-0.2, 0) is 4.79 Å².